The number of aryl methyl sites for hydroxylation is 2. The first-order chi connectivity index (χ1) is 20.8. The van der Waals surface area contributed by atoms with Gasteiger partial charge in [0.15, 0.2) is 0 Å². The fraction of sp³-hybridized carbons (Fsp3) is 0.242. The van der Waals surface area contributed by atoms with Crippen LogP contribution in [0.15, 0.2) is 88.5 Å². The van der Waals surface area contributed by atoms with Crippen LogP contribution >= 0.6 is 45.8 Å². The lowest BCUT2D eigenvalue weighted by atomic mass is 10.2. The third-order valence-electron chi connectivity index (χ3n) is 6.55. The molecule has 0 aliphatic rings. The number of halogens is 3. The zero-order valence-corrected chi connectivity index (χ0v) is 28.7. The highest BCUT2D eigenvalue weighted by atomic mass is 127. The van der Waals surface area contributed by atoms with Crippen LogP contribution in [0.5, 0.6) is 0 Å². The highest BCUT2D eigenvalue weighted by Gasteiger charge is 2.24. The van der Waals surface area contributed by atoms with Crippen LogP contribution < -0.4 is 21.6 Å². The number of benzene rings is 3. The van der Waals surface area contributed by atoms with Crippen LogP contribution in [0.1, 0.15) is 34.6 Å². The first-order valence-electron chi connectivity index (χ1n) is 14.0. The first-order valence-corrected chi connectivity index (χ1v) is 15.8. The Morgan fingerprint density at radius 3 is 1.86 bits per heavy atom. The number of hydrogen-bond acceptors (Lipinski definition) is 5. The standard InChI is InChI=1S/C22H24ClN3O3.C11H9ClINO/c1-5-25-19-12-11-15(13-17(19)18(23)14-20(25)27)24-26(16-9-7-6-8-10-16)21(28)29-22(2,3)4;1-2-14-10-4-3-7(13)5-8(10)9(12)6-11(14)15/h6-14,24H,5H2,1-4H3;3-6H,2H2,1H3. The molecule has 44 heavy (non-hydrogen) atoms. The molecule has 2 heterocycles. The van der Waals surface area contributed by atoms with Crippen molar-refractivity contribution in [1.29, 1.82) is 0 Å². The lowest BCUT2D eigenvalue weighted by Gasteiger charge is -2.28. The second-order valence-electron chi connectivity index (χ2n) is 10.8. The van der Waals surface area contributed by atoms with Crippen LogP contribution in [0, 0.1) is 3.57 Å². The van der Waals surface area contributed by atoms with Gasteiger partial charge in [-0.1, -0.05) is 41.4 Å². The third-order valence-corrected chi connectivity index (χ3v) is 7.84. The number of aromatic nitrogens is 2. The number of rotatable bonds is 5. The number of ether oxygens (including phenoxy) is 1. The van der Waals surface area contributed by atoms with Gasteiger partial charge in [0.2, 0.25) is 0 Å². The predicted molar refractivity (Wildman–Crippen MR) is 189 cm³/mol. The maximum atomic E-state index is 12.8. The average molecular weight is 747 g/mol. The smallest absolute Gasteiger partial charge is 0.433 e. The van der Waals surface area contributed by atoms with E-state index in [9.17, 15) is 14.4 Å². The second-order valence-corrected chi connectivity index (χ2v) is 12.9. The summed E-state index contributed by atoms with van der Waals surface area (Å²) in [7, 11) is 0. The van der Waals surface area contributed by atoms with E-state index in [0.717, 1.165) is 25.4 Å². The number of hydrogen-bond donors (Lipinski definition) is 1. The average Bonchev–Trinajstić information content (AvgIpc) is 2.96. The number of fused-ring (bicyclic) bond motifs is 2. The van der Waals surface area contributed by atoms with Crippen molar-refractivity contribution in [3.05, 3.63) is 113 Å². The Kier molecular flexibility index (Phi) is 10.6. The molecule has 2 aromatic heterocycles. The molecular weight excluding hydrogens is 714 g/mol. The van der Waals surface area contributed by atoms with Crippen LogP contribution in [-0.2, 0) is 17.8 Å². The van der Waals surface area contributed by atoms with Crippen LogP contribution in [0.4, 0.5) is 16.2 Å². The van der Waals surface area contributed by atoms with Gasteiger partial charge in [0.1, 0.15) is 5.60 Å². The summed E-state index contributed by atoms with van der Waals surface area (Å²) in [5, 5.41) is 3.89. The number of hydrazine groups is 1. The van der Waals surface area contributed by atoms with E-state index in [2.05, 4.69) is 28.0 Å². The lowest BCUT2D eigenvalue weighted by Crippen LogP contribution is -2.40. The molecule has 0 bridgehead atoms. The Balaban J connectivity index is 0.000000246. The molecule has 0 saturated heterocycles. The van der Waals surface area contributed by atoms with Gasteiger partial charge in [-0.25, -0.2) is 4.79 Å². The summed E-state index contributed by atoms with van der Waals surface area (Å²) < 4.78 is 10.0. The quantitative estimate of drug-likeness (QED) is 0.144. The SMILES string of the molecule is CCn1c(=O)cc(Cl)c2cc(I)ccc21.CCn1c(=O)cc(Cl)c2cc(NN(C(=O)OC(C)(C)C)c3ccccc3)ccc21. The van der Waals surface area contributed by atoms with E-state index < -0.39 is 11.7 Å². The van der Waals surface area contributed by atoms with Crippen LogP contribution in [0.3, 0.4) is 0 Å². The van der Waals surface area contributed by atoms with Crippen molar-refractivity contribution in [2.45, 2.75) is 53.3 Å². The number of nitrogens with one attached hydrogen (secondary N) is 1. The van der Waals surface area contributed by atoms with E-state index in [1.54, 1.807) is 27.3 Å². The molecule has 3 aromatic carbocycles. The summed E-state index contributed by atoms with van der Waals surface area (Å²) in [6, 6.07) is 23.4. The second kappa shape index (κ2) is 14.0. The third kappa shape index (κ3) is 7.75. The van der Waals surface area contributed by atoms with E-state index >= 15 is 0 Å². The van der Waals surface area contributed by atoms with Crippen molar-refractivity contribution in [3.8, 4) is 0 Å². The van der Waals surface area contributed by atoms with E-state index in [4.69, 9.17) is 27.9 Å². The van der Waals surface area contributed by atoms with Crippen molar-refractivity contribution in [2.75, 3.05) is 10.4 Å². The summed E-state index contributed by atoms with van der Waals surface area (Å²) in [5.74, 6) is 0. The van der Waals surface area contributed by atoms with Crippen LogP contribution in [0.2, 0.25) is 10.0 Å². The number of amides is 1. The van der Waals surface area contributed by atoms with E-state index in [-0.39, 0.29) is 11.1 Å². The number of nitrogens with zero attached hydrogens (tertiary/aromatic N) is 3. The zero-order valence-electron chi connectivity index (χ0n) is 25.0. The Bertz CT molecular complexity index is 1940. The van der Waals surface area contributed by atoms with E-state index in [1.165, 1.54) is 17.1 Å². The summed E-state index contributed by atoms with van der Waals surface area (Å²) in [6.45, 7) is 10.5. The number of carbonyl (C=O) groups excluding carboxylic acids is 1. The van der Waals surface area contributed by atoms with Crippen LogP contribution in [0.25, 0.3) is 21.8 Å². The molecule has 0 radical (unpaired) electrons. The van der Waals surface area contributed by atoms with Crippen molar-refractivity contribution >= 4 is 85.1 Å². The van der Waals surface area contributed by atoms with E-state index in [1.807, 2.05) is 83.1 Å². The number of pyridine rings is 2. The topological polar surface area (TPSA) is 85.6 Å². The van der Waals surface area contributed by atoms with Gasteiger partial charge in [-0.15, -0.1) is 0 Å². The Morgan fingerprint density at radius 1 is 0.818 bits per heavy atom. The Hall–Kier alpha value is -3.54. The zero-order chi connectivity index (χ0) is 32.2. The van der Waals surface area contributed by atoms with Gasteiger partial charge in [-0.05, 0) is 106 Å². The fourth-order valence-electron chi connectivity index (χ4n) is 4.61. The van der Waals surface area contributed by atoms with Gasteiger partial charge in [-0.2, -0.15) is 5.01 Å². The van der Waals surface area contributed by atoms with Crippen molar-refractivity contribution in [2.24, 2.45) is 0 Å². The van der Waals surface area contributed by atoms with E-state index in [0.29, 0.717) is 34.5 Å². The molecule has 1 N–H and O–H groups in total. The van der Waals surface area contributed by atoms with Gasteiger partial charge in [0.25, 0.3) is 11.1 Å². The predicted octanol–water partition coefficient (Wildman–Crippen LogP) is 8.72. The minimum atomic E-state index is -0.643. The molecule has 5 rings (SSSR count). The highest BCUT2D eigenvalue weighted by Crippen LogP contribution is 2.27. The maximum absolute atomic E-state index is 12.8. The summed E-state index contributed by atoms with van der Waals surface area (Å²) >= 11 is 14.6. The Morgan fingerprint density at radius 2 is 1.34 bits per heavy atom. The minimum Gasteiger partial charge on any atom is -0.442 e. The molecular formula is C33H33Cl2IN4O4. The van der Waals surface area contributed by atoms with Gasteiger partial charge >= 0.3 is 6.09 Å². The maximum Gasteiger partial charge on any atom is 0.433 e. The normalized spacial score (nSPS) is 11.2. The fourth-order valence-corrected chi connectivity index (χ4v) is 5.60. The van der Waals surface area contributed by atoms with Gasteiger partial charge in [0.05, 0.1) is 32.5 Å². The van der Waals surface area contributed by atoms with Gasteiger partial charge in [0, 0.05) is 39.6 Å². The number of carbonyl (C=O) groups is 1. The number of para-hydroxylation sites is 1. The molecule has 0 fully saturated rings. The van der Waals surface area contributed by atoms with Crippen LogP contribution in [-0.4, -0.2) is 20.8 Å². The van der Waals surface area contributed by atoms with Gasteiger partial charge < -0.3 is 13.9 Å². The molecule has 5 aromatic rings. The van der Waals surface area contributed by atoms with Crippen molar-refractivity contribution in [3.63, 3.8) is 0 Å². The molecule has 0 spiro atoms. The molecule has 0 saturated carbocycles. The molecule has 0 aliphatic carbocycles. The Labute approximate surface area is 279 Å². The molecule has 1 amide bonds. The van der Waals surface area contributed by atoms with Gasteiger partial charge in [-0.3, -0.25) is 15.0 Å². The molecule has 230 valence electrons. The molecule has 11 heteroatoms. The minimum absolute atomic E-state index is 0.0452. The summed E-state index contributed by atoms with van der Waals surface area (Å²) in [5.41, 5.74) is 5.17. The molecule has 0 unspecified atom stereocenters. The number of anilines is 2. The lowest BCUT2D eigenvalue weighted by molar-refractivity contribution is 0.0589. The molecule has 0 atom stereocenters. The highest BCUT2D eigenvalue weighted by molar-refractivity contribution is 14.1. The molecule has 8 nitrogen and oxygen atoms in total. The summed E-state index contributed by atoms with van der Waals surface area (Å²) in [4.78, 5) is 36.6. The molecule has 0 aliphatic heterocycles. The first kappa shape index (κ1) is 33.4. The monoisotopic (exact) mass is 746 g/mol. The van der Waals surface area contributed by atoms with Crippen molar-refractivity contribution in [1.82, 2.24) is 9.13 Å². The largest absolute Gasteiger partial charge is 0.442 e. The summed E-state index contributed by atoms with van der Waals surface area (Å²) in [6.07, 6.45) is -0.534. The van der Waals surface area contributed by atoms with Crippen molar-refractivity contribution < 1.29 is 9.53 Å².